The smallest absolute Gasteiger partial charge is 0.193 e. The van der Waals surface area contributed by atoms with Crippen LogP contribution in [0.2, 0.25) is 0 Å². The average Bonchev–Trinajstić information content (AvgIpc) is 2.38. The lowest BCUT2D eigenvalue weighted by Gasteiger charge is -2.46. The van der Waals surface area contributed by atoms with Crippen molar-refractivity contribution in [2.75, 3.05) is 5.32 Å². The molecule has 0 saturated heterocycles. The Balaban J connectivity index is 2.05. The molecular weight excluding hydrogens is 250 g/mol. The lowest BCUT2D eigenvalue weighted by Crippen LogP contribution is -2.53. The van der Waals surface area contributed by atoms with Gasteiger partial charge >= 0.3 is 0 Å². The van der Waals surface area contributed by atoms with Crippen molar-refractivity contribution in [1.82, 2.24) is 0 Å². The lowest BCUT2D eigenvalue weighted by atomic mass is 9.65. The topological polar surface area (TPSA) is 70.6 Å². The number of nitrogens with two attached hydrogens (primary N) is 1. The maximum atomic E-state index is 9.72. The number of hydrogen-bond acceptors (Lipinski definition) is 2. The van der Waals surface area contributed by atoms with E-state index in [2.05, 4.69) is 36.3 Å². The van der Waals surface area contributed by atoms with Crippen molar-refractivity contribution in [1.29, 1.82) is 0 Å². The SMILES string of the molecule is CC(C)c1cccc(NC(N)=NC2CC(O)C2(C)C)c1. The van der Waals surface area contributed by atoms with E-state index in [-0.39, 0.29) is 17.6 Å². The molecule has 0 amide bonds. The van der Waals surface area contributed by atoms with Gasteiger partial charge in [-0.05, 0) is 30.0 Å². The van der Waals surface area contributed by atoms with E-state index in [1.165, 1.54) is 5.56 Å². The van der Waals surface area contributed by atoms with Gasteiger partial charge in [-0.3, -0.25) is 0 Å². The first-order chi connectivity index (χ1) is 9.30. The Labute approximate surface area is 121 Å². The number of aliphatic hydroxyl groups excluding tert-OH is 1. The van der Waals surface area contributed by atoms with Gasteiger partial charge < -0.3 is 16.2 Å². The highest BCUT2D eigenvalue weighted by atomic mass is 16.3. The molecule has 1 fully saturated rings. The standard InChI is InChI=1S/C16H25N3O/c1-10(2)11-6-5-7-12(8-11)18-15(17)19-13-9-14(20)16(13,3)4/h5-8,10,13-14,20H,9H2,1-4H3,(H3,17,18,19). The number of rotatable bonds is 3. The summed E-state index contributed by atoms with van der Waals surface area (Å²) in [5.41, 5.74) is 8.00. The van der Waals surface area contributed by atoms with Crippen LogP contribution in [0.25, 0.3) is 0 Å². The molecule has 0 bridgehead atoms. The van der Waals surface area contributed by atoms with Crippen molar-refractivity contribution in [3.8, 4) is 0 Å². The van der Waals surface area contributed by atoms with Crippen molar-refractivity contribution in [2.45, 2.75) is 52.2 Å². The molecular formula is C16H25N3O. The van der Waals surface area contributed by atoms with E-state index in [0.29, 0.717) is 18.3 Å². The Bertz CT molecular complexity index is 508. The quantitative estimate of drug-likeness (QED) is 0.586. The van der Waals surface area contributed by atoms with E-state index in [9.17, 15) is 5.11 Å². The monoisotopic (exact) mass is 275 g/mol. The second-order valence-electron chi connectivity index (χ2n) is 6.51. The fourth-order valence-corrected chi connectivity index (χ4v) is 2.42. The summed E-state index contributed by atoms with van der Waals surface area (Å²) in [6.07, 6.45) is 0.398. The molecule has 4 nitrogen and oxygen atoms in total. The summed E-state index contributed by atoms with van der Waals surface area (Å²) in [6.45, 7) is 8.35. The number of nitrogens with zero attached hydrogens (tertiary/aromatic N) is 1. The number of anilines is 1. The summed E-state index contributed by atoms with van der Waals surface area (Å²) in [5, 5.41) is 12.9. The van der Waals surface area contributed by atoms with E-state index in [0.717, 1.165) is 5.69 Å². The van der Waals surface area contributed by atoms with E-state index >= 15 is 0 Å². The second-order valence-corrected chi connectivity index (χ2v) is 6.51. The zero-order valence-corrected chi connectivity index (χ0v) is 12.7. The first-order valence-electron chi connectivity index (χ1n) is 7.19. The van der Waals surface area contributed by atoms with Gasteiger partial charge in [-0.15, -0.1) is 0 Å². The molecule has 1 aliphatic carbocycles. The van der Waals surface area contributed by atoms with Gasteiger partial charge in [0.2, 0.25) is 0 Å². The maximum absolute atomic E-state index is 9.72. The highest BCUT2D eigenvalue weighted by Crippen LogP contribution is 2.42. The molecule has 0 spiro atoms. The second kappa shape index (κ2) is 5.44. The average molecular weight is 275 g/mol. The Hall–Kier alpha value is -1.55. The molecule has 1 saturated carbocycles. The molecule has 1 aromatic carbocycles. The van der Waals surface area contributed by atoms with Gasteiger partial charge in [-0.25, -0.2) is 4.99 Å². The van der Waals surface area contributed by atoms with Gasteiger partial charge in [-0.1, -0.05) is 39.8 Å². The summed E-state index contributed by atoms with van der Waals surface area (Å²) in [6, 6.07) is 8.28. The third-order valence-corrected chi connectivity index (χ3v) is 4.28. The van der Waals surface area contributed by atoms with Crippen LogP contribution in [-0.4, -0.2) is 23.2 Å². The Morgan fingerprint density at radius 1 is 1.45 bits per heavy atom. The third-order valence-electron chi connectivity index (χ3n) is 4.28. The zero-order valence-electron chi connectivity index (χ0n) is 12.7. The van der Waals surface area contributed by atoms with E-state index in [4.69, 9.17) is 5.73 Å². The first-order valence-corrected chi connectivity index (χ1v) is 7.19. The minimum atomic E-state index is -0.284. The van der Waals surface area contributed by atoms with Crippen LogP contribution < -0.4 is 11.1 Å². The van der Waals surface area contributed by atoms with Crippen LogP contribution in [0.15, 0.2) is 29.3 Å². The number of guanidine groups is 1. The molecule has 2 rings (SSSR count). The predicted molar refractivity (Wildman–Crippen MR) is 84.0 cm³/mol. The maximum Gasteiger partial charge on any atom is 0.193 e. The zero-order chi connectivity index (χ0) is 14.9. The molecule has 1 aromatic rings. The Morgan fingerprint density at radius 2 is 2.15 bits per heavy atom. The number of aliphatic imine (C=N–C) groups is 1. The minimum absolute atomic E-state index is 0.0817. The van der Waals surface area contributed by atoms with Gasteiger partial charge in [0.25, 0.3) is 0 Å². The van der Waals surface area contributed by atoms with Gasteiger partial charge in [-0.2, -0.15) is 0 Å². The van der Waals surface area contributed by atoms with Crippen LogP contribution in [0, 0.1) is 5.41 Å². The van der Waals surface area contributed by atoms with Crippen LogP contribution in [0.5, 0.6) is 0 Å². The fourth-order valence-electron chi connectivity index (χ4n) is 2.42. The molecule has 0 heterocycles. The molecule has 1 aliphatic rings. The summed E-state index contributed by atoms with van der Waals surface area (Å²) in [4.78, 5) is 4.48. The van der Waals surface area contributed by atoms with Crippen molar-refractivity contribution in [2.24, 2.45) is 16.1 Å². The van der Waals surface area contributed by atoms with Gasteiger partial charge in [0.15, 0.2) is 5.96 Å². The lowest BCUT2D eigenvalue weighted by molar-refractivity contribution is -0.0576. The van der Waals surface area contributed by atoms with Crippen molar-refractivity contribution in [3.05, 3.63) is 29.8 Å². The molecule has 4 N–H and O–H groups in total. The van der Waals surface area contributed by atoms with Crippen LogP contribution in [0.1, 0.15) is 45.6 Å². The van der Waals surface area contributed by atoms with E-state index in [1.807, 2.05) is 26.0 Å². The summed E-state index contributed by atoms with van der Waals surface area (Å²) < 4.78 is 0. The highest BCUT2D eigenvalue weighted by molar-refractivity contribution is 5.92. The van der Waals surface area contributed by atoms with Crippen LogP contribution in [0.4, 0.5) is 5.69 Å². The van der Waals surface area contributed by atoms with E-state index in [1.54, 1.807) is 0 Å². The predicted octanol–water partition coefficient (Wildman–Crippen LogP) is 2.70. The summed E-state index contributed by atoms with van der Waals surface area (Å²) >= 11 is 0. The third kappa shape index (κ3) is 2.96. The van der Waals surface area contributed by atoms with Crippen molar-refractivity contribution < 1.29 is 5.11 Å². The minimum Gasteiger partial charge on any atom is -0.392 e. The molecule has 0 aromatic heterocycles. The van der Waals surface area contributed by atoms with Crippen LogP contribution >= 0.6 is 0 Å². The molecule has 110 valence electrons. The number of benzene rings is 1. The number of nitrogens with one attached hydrogen (secondary N) is 1. The van der Waals surface area contributed by atoms with Gasteiger partial charge in [0.05, 0.1) is 12.1 Å². The first kappa shape index (κ1) is 14.9. The molecule has 20 heavy (non-hydrogen) atoms. The van der Waals surface area contributed by atoms with Gasteiger partial charge in [0, 0.05) is 11.1 Å². The van der Waals surface area contributed by atoms with Crippen molar-refractivity contribution >= 4 is 11.6 Å². The largest absolute Gasteiger partial charge is 0.392 e. The summed E-state index contributed by atoms with van der Waals surface area (Å²) in [7, 11) is 0. The Kier molecular flexibility index (Phi) is 4.04. The molecule has 2 unspecified atom stereocenters. The number of hydrogen-bond donors (Lipinski definition) is 3. The molecule has 2 atom stereocenters. The Morgan fingerprint density at radius 3 is 2.70 bits per heavy atom. The fraction of sp³-hybridized carbons (Fsp3) is 0.562. The van der Waals surface area contributed by atoms with E-state index < -0.39 is 0 Å². The highest BCUT2D eigenvalue weighted by Gasteiger charge is 2.47. The molecule has 0 aliphatic heterocycles. The van der Waals surface area contributed by atoms with Gasteiger partial charge in [0.1, 0.15) is 0 Å². The van der Waals surface area contributed by atoms with Crippen LogP contribution in [-0.2, 0) is 0 Å². The van der Waals surface area contributed by atoms with Crippen LogP contribution in [0.3, 0.4) is 0 Å². The molecule has 0 radical (unpaired) electrons. The summed E-state index contributed by atoms with van der Waals surface area (Å²) in [5.74, 6) is 0.895. The van der Waals surface area contributed by atoms with Crippen molar-refractivity contribution in [3.63, 3.8) is 0 Å². The number of aliphatic hydroxyl groups is 1. The molecule has 4 heteroatoms. The normalized spacial score (nSPS) is 25.4.